The highest BCUT2D eigenvalue weighted by atomic mass is 19.3. The zero-order valence-electron chi connectivity index (χ0n) is 14.9. The number of alkyl halides is 2. The maximum absolute atomic E-state index is 12.5. The molecule has 27 heavy (non-hydrogen) atoms. The van der Waals surface area contributed by atoms with Gasteiger partial charge in [0.05, 0.1) is 18.5 Å². The van der Waals surface area contributed by atoms with E-state index in [1.165, 1.54) is 12.1 Å². The third-order valence-electron chi connectivity index (χ3n) is 3.62. The van der Waals surface area contributed by atoms with E-state index in [1.54, 1.807) is 30.7 Å². The summed E-state index contributed by atoms with van der Waals surface area (Å²) in [5.74, 6) is 1.06. The van der Waals surface area contributed by atoms with E-state index in [9.17, 15) is 8.78 Å². The van der Waals surface area contributed by atoms with Crippen LogP contribution in [0.5, 0.6) is 11.6 Å². The van der Waals surface area contributed by atoms with Crippen LogP contribution in [-0.2, 0) is 6.42 Å². The molecule has 6 nitrogen and oxygen atoms in total. The normalized spacial score (nSPS) is 10.9. The molecule has 0 bridgehead atoms. The van der Waals surface area contributed by atoms with Crippen LogP contribution in [0.2, 0.25) is 0 Å². The van der Waals surface area contributed by atoms with Gasteiger partial charge in [-0.2, -0.15) is 8.78 Å². The number of aryl methyl sites for hydroxylation is 1. The molecule has 0 aliphatic rings. The van der Waals surface area contributed by atoms with Crippen molar-refractivity contribution in [2.45, 2.75) is 26.9 Å². The predicted molar refractivity (Wildman–Crippen MR) is 94.8 cm³/mol. The van der Waals surface area contributed by atoms with E-state index in [0.717, 1.165) is 5.56 Å². The Kier molecular flexibility index (Phi) is 5.85. The van der Waals surface area contributed by atoms with E-state index in [4.69, 9.17) is 4.74 Å². The van der Waals surface area contributed by atoms with Crippen LogP contribution in [0.3, 0.4) is 0 Å². The lowest BCUT2D eigenvalue weighted by atomic mass is 10.1. The second-order valence-corrected chi connectivity index (χ2v) is 5.67. The SMILES string of the molecule is CCOc1ncc(Cc2cnc(C)nc2)nc1-c1cccc(OC(F)F)c1. The Bertz CT molecular complexity index is 904. The van der Waals surface area contributed by atoms with Crippen molar-refractivity contribution in [1.29, 1.82) is 0 Å². The van der Waals surface area contributed by atoms with Gasteiger partial charge >= 0.3 is 6.61 Å². The fraction of sp³-hybridized carbons (Fsp3) is 0.263. The standard InChI is InChI=1S/C19H18F2N4O2/c1-3-26-18-17(14-5-4-6-16(8-14)27-19(20)21)25-15(11-24-18)7-13-9-22-12(2)23-10-13/h4-6,8-11,19H,3,7H2,1-2H3. The minimum atomic E-state index is -2.90. The third kappa shape index (κ3) is 4.93. The van der Waals surface area contributed by atoms with Gasteiger partial charge in [-0.1, -0.05) is 12.1 Å². The van der Waals surface area contributed by atoms with E-state index in [1.807, 2.05) is 13.8 Å². The van der Waals surface area contributed by atoms with E-state index < -0.39 is 6.61 Å². The predicted octanol–water partition coefficient (Wildman–Crippen LogP) is 3.83. The summed E-state index contributed by atoms with van der Waals surface area (Å²) in [5.41, 5.74) is 2.61. The Morgan fingerprint density at radius 1 is 1.07 bits per heavy atom. The molecule has 3 rings (SSSR count). The Hall–Kier alpha value is -3.16. The summed E-state index contributed by atoms with van der Waals surface area (Å²) in [5, 5.41) is 0. The topological polar surface area (TPSA) is 70.0 Å². The number of benzene rings is 1. The molecule has 0 saturated carbocycles. The molecular weight excluding hydrogens is 354 g/mol. The zero-order valence-corrected chi connectivity index (χ0v) is 14.9. The summed E-state index contributed by atoms with van der Waals surface area (Å²) in [6.07, 6.45) is 5.57. The third-order valence-corrected chi connectivity index (χ3v) is 3.62. The fourth-order valence-electron chi connectivity index (χ4n) is 2.47. The van der Waals surface area contributed by atoms with Gasteiger partial charge in [0, 0.05) is 24.4 Å². The van der Waals surface area contributed by atoms with Crippen LogP contribution in [0, 0.1) is 6.92 Å². The molecule has 0 aliphatic heterocycles. The molecule has 0 radical (unpaired) electrons. The van der Waals surface area contributed by atoms with Gasteiger partial charge in [0.1, 0.15) is 17.3 Å². The van der Waals surface area contributed by atoms with Gasteiger partial charge < -0.3 is 9.47 Å². The van der Waals surface area contributed by atoms with Gasteiger partial charge in [-0.15, -0.1) is 0 Å². The Morgan fingerprint density at radius 3 is 2.56 bits per heavy atom. The van der Waals surface area contributed by atoms with Crippen molar-refractivity contribution in [1.82, 2.24) is 19.9 Å². The number of aromatic nitrogens is 4. The van der Waals surface area contributed by atoms with E-state index in [0.29, 0.717) is 41.7 Å². The molecule has 0 amide bonds. The zero-order chi connectivity index (χ0) is 19.2. The van der Waals surface area contributed by atoms with Crippen LogP contribution in [-0.4, -0.2) is 33.2 Å². The van der Waals surface area contributed by atoms with Crippen LogP contribution in [0.15, 0.2) is 42.9 Å². The number of hydrogen-bond acceptors (Lipinski definition) is 6. The maximum Gasteiger partial charge on any atom is 0.387 e. The molecule has 0 N–H and O–H groups in total. The molecule has 0 aliphatic carbocycles. The van der Waals surface area contributed by atoms with Crippen LogP contribution in [0.1, 0.15) is 24.0 Å². The number of ether oxygens (including phenoxy) is 2. The second-order valence-electron chi connectivity index (χ2n) is 5.67. The van der Waals surface area contributed by atoms with Crippen LogP contribution >= 0.6 is 0 Å². The Morgan fingerprint density at radius 2 is 1.85 bits per heavy atom. The van der Waals surface area contributed by atoms with Crippen LogP contribution < -0.4 is 9.47 Å². The summed E-state index contributed by atoms with van der Waals surface area (Å²) in [6.45, 7) is 1.15. The van der Waals surface area contributed by atoms with Gasteiger partial charge in [0.25, 0.3) is 0 Å². The van der Waals surface area contributed by atoms with Gasteiger partial charge in [-0.25, -0.2) is 19.9 Å². The lowest BCUT2D eigenvalue weighted by Crippen LogP contribution is -2.04. The van der Waals surface area contributed by atoms with Crippen molar-refractivity contribution in [2.24, 2.45) is 0 Å². The van der Waals surface area contributed by atoms with Crippen molar-refractivity contribution in [3.63, 3.8) is 0 Å². The van der Waals surface area contributed by atoms with Gasteiger partial charge in [0.2, 0.25) is 5.88 Å². The van der Waals surface area contributed by atoms with E-state index >= 15 is 0 Å². The summed E-state index contributed by atoms with van der Waals surface area (Å²) in [6, 6.07) is 6.29. The van der Waals surface area contributed by atoms with Crippen LogP contribution in [0.4, 0.5) is 8.78 Å². The fourth-order valence-corrected chi connectivity index (χ4v) is 2.47. The highest BCUT2D eigenvalue weighted by Gasteiger charge is 2.14. The summed E-state index contributed by atoms with van der Waals surface area (Å²) >= 11 is 0. The van der Waals surface area contributed by atoms with Gasteiger partial charge in [-0.05, 0) is 31.5 Å². The molecule has 140 valence electrons. The van der Waals surface area contributed by atoms with Crippen molar-refractivity contribution in [3.8, 4) is 22.9 Å². The average Bonchev–Trinajstić information content (AvgIpc) is 2.65. The van der Waals surface area contributed by atoms with Gasteiger partial charge in [0.15, 0.2) is 0 Å². The smallest absolute Gasteiger partial charge is 0.387 e. The summed E-state index contributed by atoms with van der Waals surface area (Å²) in [4.78, 5) is 17.3. The number of rotatable bonds is 7. The Balaban J connectivity index is 1.95. The van der Waals surface area contributed by atoms with Crippen molar-refractivity contribution < 1.29 is 18.3 Å². The van der Waals surface area contributed by atoms with E-state index in [-0.39, 0.29) is 5.75 Å². The summed E-state index contributed by atoms with van der Waals surface area (Å²) < 4.78 is 35.0. The lowest BCUT2D eigenvalue weighted by Gasteiger charge is -2.12. The average molecular weight is 372 g/mol. The molecule has 3 aromatic rings. The molecule has 0 fully saturated rings. The molecule has 8 heteroatoms. The second kappa shape index (κ2) is 8.48. The van der Waals surface area contributed by atoms with Crippen LogP contribution in [0.25, 0.3) is 11.3 Å². The van der Waals surface area contributed by atoms with Gasteiger partial charge in [-0.3, -0.25) is 0 Å². The Labute approximate surface area is 155 Å². The number of halogens is 2. The first kappa shape index (κ1) is 18.6. The molecule has 1 aromatic carbocycles. The quantitative estimate of drug-likeness (QED) is 0.628. The van der Waals surface area contributed by atoms with Crippen molar-refractivity contribution in [3.05, 3.63) is 59.9 Å². The number of hydrogen-bond donors (Lipinski definition) is 0. The molecule has 2 heterocycles. The van der Waals surface area contributed by atoms with Crippen molar-refractivity contribution in [2.75, 3.05) is 6.61 Å². The molecule has 0 saturated heterocycles. The lowest BCUT2D eigenvalue weighted by molar-refractivity contribution is -0.0498. The molecule has 0 spiro atoms. The minimum absolute atomic E-state index is 0.0455. The molecule has 0 atom stereocenters. The molecule has 0 unspecified atom stereocenters. The summed E-state index contributed by atoms with van der Waals surface area (Å²) in [7, 11) is 0. The maximum atomic E-state index is 12.5. The van der Waals surface area contributed by atoms with Crippen molar-refractivity contribution >= 4 is 0 Å². The molecular formula is C19H18F2N4O2. The molecule has 2 aromatic heterocycles. The highest BCUT2D eigenvalue weighted by Crippen LogP contribution is 2.30. The largest absolute Gasteiger partial charge is 0.476 e. The minimum Gasteiger partial charge on any atom is -0.476 e. The first-order chi connectivity index (χ1) is 13.0. The first-order valence-corrected chi connectivity index (χ1v) is 8.36. The first-order valence-electron chi connectivity index (χ1n) is 8.36. The highest BCUT2D eigenvalue weighted by molar-refractivity contribution is 5.66. The van der Waals surface area contributed by atoms with E-state index in [2.05, 4.69) is 24.7 Å². The number of nitrogens with zero attached hydrogens (tertiary/aromatic N) is 4. The monoisotopic (exact) mass is 372 g/mol.